The van der Waals surface area contributed by atoms with E-state index in [1.54, 1.807) is 13.2 Å². The van der Waals surface area contributed by atoms with Crippen LogP contribution in [0.25, 0.3) is 0 Å². The van der Waals surface area contributed by atoms with Crippen molar-refractivity contribution in [3.05, 3.63) is 29.6 Å². The summed E-state index contributed by atoms with van der Waals surface area (Å²) in [4.78, 5) is 0. The van der Waals surface area contributed by atoms with Crippen molar-refractivity contribution in [2.24, 2.45) is 0 Å². The van der Waals surface area contributed by atoms with Crippen LogP contribution in [0.1, 0.15) is 12.0 Å². The first kappa shape index (κ1) is 17.1. The molecule has 0 bridgehead atoms. The molecule has 0 fully saturated rings. The average molecular weight is 286 g/mol. The van der Waals surface area contributed by atoms with Gasteiger partial charge in [-0.2, -0.15) is 0 Å². The SMILES string of the molecule is COCCCOCCOCc1ccc(F)c(B(O)O)c1. The Bertz CT molecular complexity index is 389. The summed E-state index contributed by atoms with van der Waals surface area (Å²) < 4.78 is 28.8. The minimum atomic E-state index is -1.82. The number of benzene rings is 1. The molecule has 2 N–H and O–H groups in total. The lowest BCUT2D eigenvalue weighted by molar-refractivity contribution is 0.0337. The van der Waals surface area contributed by atoms with Crippen molar-refractivity contribution < 1.29 is 28.6 Å². The number of ether oxygens (including phenoxy) is 3. The van der Waals surface area contributed by atoms with Gasteiger partial charge in [-0.05, 0) is 18.1 Å². The molecule has 0 amide bonds. The van der Waals surface area contributed by atoms with E-state index in [0.29, 0.717) is 32.0 Å². The molecular weight excluding hydrogens is 266 g/mol. The van der Waals surface area contributed by atoms with Gasteiger partial charge in [-0.1, -0.05) is 12.1 Å². The van der Waals surface area contributed by atoms with Crippen LogP contribution in [0.15, 0.2) is 18.2 Å². The molecule has 0 heterocycles. The minimum Gasteiger partial charge on any atom is -0.423 e. The summed E-state index contributed by atoms with van der Waals surface area (Å²) in [6.07, 6.45) is 0.839. The van der Waals surface area contributed by atoms with Gasteiger partial charge in [0.05, 0.1) is 19.8 Å². The van der Waals surface area contributed by atoms with Gasteiger partial charge in [0, 0.05) is 25.8 Å². The van der Waals surface area contributed by atoms with Crippen LogP contribution in [-0.2, 0) is 20.8 Å². The maximum absolute atomic E-state index is 13.2. The van der Waals surface area contributed by atoms with E-state index < -0.39 is 12.9 Å². The predicted octanol–water partition coefficient (Wildman–Crippen LogP) is 0.0752. The highest BCUT2D eigenvalue weighted by atomic mass is 19.1. The maximum Gasteiger partial charge on any atom is 0.491 e. The summed E-state index contributed by atoms with van der Waals surface area (Å²) in [5.74, 6) is -0.648. The molecule has 0 saturated carbocycles. The monoisotopic (exact) mass is 286 g/mol. The van der Waals surface area contributed by atoms with Crippen LogP contribution in [0.3, 0.4) is 0 Å². The third kappa shape index (κ3) is 6.45. The van der Waals surface area contributed by atoms with Gasteiger partial charge in [0.15, 0.2) is 0 Å². The molecule has 0 aromatic heterocycles. The summed E-state index contributed by atoms with van der Waals surface area (Å²) >= 11 is 0. The van der Waals surface area contributed by atoms with Crippen LogP contribution < -0.4 is 5.46 Å². The maximum atomic E-state index is 13.2. The molecule has 1 aromatic rings. The topological polar surface area (TPSA) is 68.2 Å². The number of rotatable bonds is 10. The van der Waals surface area contributed by atoms with E-state index in [1.807, 2.05) is 0 Å². The zero-order valence-electron chi connectivity index (χ0n) is 11.5. The van der Waals surface area contributed by atoms with Crippen molar-refractivity contribution in [3.63, 3.8) is 0 Å². The Balaban J connectivity index is 2.20. The number of hydrogen-bond donors (Lipinski definition) is 2. The van der Waals surface area contributed by atoms with Crippen LogP contribution in [0.4, 0.5) is 4.39 Å². The van der Waals surface area contributed by atoms with E-state index in [2.05, 4.69) is 0 Å². The smallest absolute Gasteiger partial charge is 0.423 e. The van der Waals surface area contributed by atoms with Crippen molar-refractivity contribution in [1.82, 2.24) is 0 Å². The average Bonchev–Trinajstić information content (AvgIpc) is 2.43. The van der Waals surface area contributed by atoms with Crippen LogP contribution >= 0.6 is 0 Å². The Kier molecular flexibility index (Phi) is 8.40. The van der Waals surface area contributed by atoms with Gasteiger partial charge in [-0.3, -0.25) is 0 Å². The second kappa shape index (κ2) is 9.85. The molecule has 5 nitrogen and oxygen atoms in total. The molecule has 0 aliphatic heterocycles. The standard InChI is InChI=1S/C13H20BFO5/c1-18-5-2-6-19-7-8-20-10-11-3-4-13(15)12(9-11)14(16)17/h3-4,9,16-17H,2,5-8,10H2,1H3. The third-order valence-corrected chi connectivity index (χ3v) is 2.62. The first-order chi connectivity index (χ1) is 9.65. The van der Waals surface area contributed by atoms with Crippen molar-refractivity contribution >= 4 is 12.6 Å². The first-order valence-corrected chi connectivity index (χ1v) is 6.44. The van der Waals surface area contributed by atoms with Gasteiger partial charge in [0.25, 0.3) is 0 Å². The third-order valence-electron chi connectivity index (χ3n) is 2.62. The molecule has 0 aliphatic carbocycles. The Hall–Kier alpha value is -0.985. The Labute approximate surface area is 118 Å². The number of halogens is 1. The summed E-state index contributed by atoms with van der Waals surface area (Å²) in [5, 5.41) is 18.0. The molecular formula is C13H20BFO5. The molecule has 0 radical (unpaired) electrons. The highest BCUT2D eigenvalue weighted by Crippen LogP contribution is 2.03. The molecule has 0 atom stereocenters. The Morgan fingerprint density at radius 1 is 1.10 bits per heavy atom. The van der Waals surface area contributed by atoms with Crippen molar-refractivity contribution in [3.8, 4) is 0 Å². The lowest BCUT2D eigenvalue weighted by Gasteiger charge is -2.08. The fourth-order valence-corrected chi connectivity index (χ4v) is 1.60. The first-order valence-electron chi connectivity index (χ1n) is 6.44. The second-order valence-electron chi connectivity index (χ2n) is 4.24. The quantitative estimate of drug-likeness (QED) is 0.471. The summed E-state index contributed by atoms with van der Waals surface area (Å²) in [7, 11) is -0.178. The fraction of sp³-hybridized carbons (Fsp3) is 0.538. The lowest BCUT2D eigenvalue weighted by atomic mass is 9.79. The van der Waals surface area contributed by atoms with Gasteiger partial charge in [0.2, 0.25) is 0 Å². The Morgan fingerprint density at radius 3 is 2.55 bits per heavy atom. The molecule has 0 aliphatic rings. The van der Waals surface area contributed by atoms with Crippen molar-refractivity contribution in [2.45, 2.75) is 13.0 Å². The summed E-state index contributed by atoms with van der Waals surface area (Å²) in [6, 6.07) is 4.11. The fourth-order valence-electron chi connectivity index (χ4n) is 1.60. The number of hydrogen-bond acceptors (Lipinski definition) is 5. The zero-order chi connectivity index (χ0) is 14.8. The highest BCUT2D eigenvalue weighted by molar-refractivity contribution is 6.58. The largest absolute Gasteiger partial charge is 0.491 e. The molecule has 1 aromatic carbocycles. The second-order valence-corrected chi connectivity index (χ2v) is 4.24. The number of methoxy groups -OCH3 is 1. The molecule has 7 heteroatoms. The van der Waals surface area contributed by atoms with E-state index in [4.69, 9.17) is 24.3 Å². The van der Waals surface area contributed by atoms with Crippen LogP contribution in [0.5, 0.6) is 0 Å². The van der Waals surface area contributed by atoms with E-state index in [9.17, 15) is 4.39 Å². The van der Waals surface area contributed by atoms with Gasteiger partial charge >= 0.3 is 7.12 Å². The van der Waals surface area contributed by atoms with Crippen molar-refractivity contribution in [1.29, 1.82) is 0 Å². The highest BCUT2D eigenvalue weighted by Gasteiger charge is 2.16. The van der Waals surface area contributed by atoms with Gasteiger partial charge in [0.1, 0.15) is 5.82 Å². The molecule has 112 valence electrons. The predicted molar refractivity (Wildman–Crippen MR) is 73.2 cm³/mol. The van der Waals surface area contributed by atoms with E-state index in [0.717, 1.165) is 6.42 Å². The summed E-state index contributed by atoms with van der Waals surface area (Å²) in [6.45, 7) is 2.44. The van der Waals surface area contributed by atoms with Gasteiger partial charge < -0.3 is 24.3 Å². The normalized spacial score (nSPS) is 10.8. The van der Waals surface area contributed by atoms with Crippen molar-refractivity contribution in [2.75, 3.05) is 33.5 Å². The van der Waals surface area contributed by atoms with E-state index in [-0.39, 0.29) is 12.1 Å². The van der Waals surface area contributed by atoms with E-state index in [1.165, 1.54) is 12.1 Å². The molecule has 20 heavy (non-hydrogen) atoms. The van der Waals surface area contributed by atoms with Gasteiger partial charge in [-0.15, -0.1) is 0 Å². The van der Waals surface area contributed by atoms with E-state index >= 15 is 0 Å². The van der Waals surface area contributed by atoms with Gasteiger partial charge in [-0.25, -0.2) is 4.39 Å². The molecule has 0 unspecified atom stereocenters. The van der Waals surface area contributed by atoms with Crippen LogP contribution in [0, 0.1) is 5.82 Å². The minimum absolute atomic E-state index is 0.151. The van der Waals surface area contributed by atoms with Crippen LogP contribution in [-0.4, -0.2) is 50.7 Å². The molecule has 0 saturated heterocycles. The Morgan fingerprint density at radius 2 is 1.85 bits per heavy atom. The molecule has 1 rings (SSSR count). The lowest BCUT2D eigenvalue weighted by Crippen LogP contribution is -2.33. The molecule has 0 spiro atoms. The zero-order valence-corrected chi connectivity index (χ0v) is 11.5. The van der Waals surface area contributed by atoms with Crippen LogP contribution in [0.2, 0.25) is 0 Å². The summed E-state index contributed by atoms with van der Waals surface area (Å²) in [5.41, 5.74) is 0.524.